The maximum absolute atomic E-state index is 12.8. The molecule has 158 valence electrons. The summed E-state index contributed by atoms with van der Waals surface area (Å²) in [6.07, 6.45) is 4.06. The number of primary amides is 1. The van der Waals surface area contributed by atoms with Crippen LogP contribution < -0.4 is 21.7 Å². The number of halogens is 1. The lowest BCUT2D eigenvalue weighted by Gasteiger charge is -2.27. The van der Waals surface area contributed by atoms with E-state index in [4.69, 9.17) is 17.3 Å². The fourth-order valence-corrected chi connectivity index (χ4v) is 3.68. The number of aromatic nitrogens is 1. The van der Waals surface area contributed by atoms with Crippen LogP contribution in [0.15, 0.2) is 12.1 Å². The monoisotopic (exact) mass is 423 g/mol. The molecule has 1 saturated carbocycles. The Bertz CT molecular complexity index is 791. The van der Waals surface area contributed by atoms with E-state index in [0.717, 1.165) is 19.3 Å². The van der Waals surface area contributed by atoms with Crippen LogP contribution in [0.5, 0.6) is 0 Å². The van der Waals surface area contributed by atoms with Crippen LogP contribution in [-0.4, -0.2) is 47.2 Å². The van der Waals surface area contributed by atoms with Gasteiger partial charge in [-0.2, -0.15) is 0 Å². The largest absolute Gasteiger partial charge is 0.368 e. The van der Waals surface area contributed by atoms with Crippen LogP contribution in [0.2, 0.25) is 5.15 Å². The van der Waals surface area contributed by atoms with E-state index in [0.29, 0.717) is 30.5 Å². The van der Waals surface area contributed by atoms with Crippen LogP contribution in [0.1, 0.15) is 49.0 Å². The fraction of sp³-hybridized carbons (Fsp3) is 0.579. The van der Waals surface area contributed by atoms with Gasteiger partial charge in [0.25, 0.3) is 5.91 Å². The molecule has 3 atom stereocenters. The summed E-state index contributed by atoms with van der Waals surface area (Å²) in [6, 6.07) is 1.29. The predicted molar refractivity (Wildman–Crippen MR) is 106 cm³/mol. The first-order chi connectivity index (χ1) is 13.8. The number of H-pyrrole nitrogens is 1. The average molecular weight is 424 g/mol. The summed E-state index contributed by atoms with van der Waals surface area (Å²) in [5.74, 6) is -1.80. The Labute approximate surface area is 173 Å². The summed E-state index contributed by atoms with van der Waals surface area (Å²) in [5, 5.41) is 8.41. The van der Waals surface area contributed by atoms with Gasteiger partial charge < -0.3 is 26.7 Å². The van der Waals surface area contributed by atoms with Crippen molar-refractivity contribution in [2.24, 2.45) is 17.6 Å². The molecule has 3 rings (SSSR count). The van der Waals surface area contributed by atoms with Gasteiger partial charge in [-0.25, -0.2) is 0 Å². The second-order valence-corrected chi connectivity index (χ2v) is 8.16. The first-order valence-electron chi connectivity index (χ1n) is 9.86. The van der Waals surface area contributed by atoms with Crippen molar-refractivity contribution in [3.63, 3.8) is 0 Å². The summed E-state index contributed by atoms with van der Waals surface area (Å²) >= 11 is 5.81. The lowest BCUT2D eigenvalue weighted by Crippen LogP contribution is -2.54. The Kier molecular flexibility index (Phi) is 6.79. The van der Waals surface area contributed by atoms with Gasteiger partial charge in [-0.15, -0.1) is 0 Å². The van der Waals surface area contributed by atoms with E-state index < -0.39 is 29.8 Å². The summed E-state index contributed by atoms with van der Waals surface area (Å²) in [6.45, 7) is 0.612. The van der Waals surface area contributed by atoms with Crippen LogP contribution >= 0.6 is 11.6 Å². The fourth-order valence-electron chi connectivity index (χ4n) is 3.52. The zero-order chi connectivity index (χ0) is 21.0. The Morgan fingerprint density at radius 2 is 1.90 bits per heavy atom. The van der Waals surface area contributed by atoms with Gasteiger partial charge in [0.05, 0.1) is 0 Å². The van der Waals surface area contributed by atoms with Crippen molar-refractivity contribution in [1.82, 2.24) is 20.9 Å². The van der Waals surface area contributed by atoms with Gasteiger partial charge >= 0.3 is 0 Å². The van der Waals surface area contributed by atoms with Gasteiger partial charge in [0, 0.05) is 12.5 Å². The van der Waals surface area contributed by atoms with Gasteiger partial charge in [0.1, 0.15) is 22.9 Å². The number of hydrogen-bond acceptors (Lipinski definition) is 4. The summed E-state index contributed by atoms with van der Waals surface area (Å²) in [7, 11) is 0. The number of carbonyl (C=O) groups excluding carboxylic acids is 4. The Balaban J connectivity index is 1.64. The molecule has 0 radical (unpaired) electrons. The molecule has 2 aliphatic rings. The zero-order valence-corrected chi connectivity index (χ0v) is 16.8. The number of amides is 4. The van der Waals surface area contributed by atoms with Crippen LogP contribution in [0.25, 0.3) is 0 Å². The lowest BCUT2D eigenvalue weighted by molar-refractivity contribution is -0.131. The van der Waals surface area contributed by atoms with Crippen molar-refractivity contribution < 1.29 is 19.2 Å². The van der Waals surface area contributed by atoms with E-state index in [-0.39, 0.29) is 23.9 Å². The third-order valence-corrected chi connectivity index (χ3v) is 5.58. The molecule has 0 spiro atoms. The minimum Gasteiger partial charge on any atom is -0.368 e. The smallest absolute Gasteiger partial charge is 0.268 e. The van der Waals surface area contributed by atoms with Crippen LogP contribution in [0, 0.1) is 11.8 Å². The average Bonchev–Trinajstić information content (AvgIpc) is 3.39. The van der Waals surface area contributed by atoms with Crippen molar-refractivity contribution in [2.45, 2.75) is 50.6 Å². The summed E-state index contributed by atoms with van der Waals surface area (Å²) in [5.41, 5.74) is 5.71. The molecule has 1 aromatic rings. The Hall–Kier alpha value is -2.55. The van der Waals surface area contributed by atoms with Crippen molar-refractivity contribution in [1.29, 1.82) is 0 Å². The predicted octanol–water partition coefficient (Wildman–Crippen LogP) is 0.453. The van der Waals surface area contributed by atoms with E-state index in [1.54, 1.807) is 6.07 Å². The molecule has 2 heterocycles. The molecule has 1 saturated heterocycles. The quantitative estimate of drug-likeness (QED) is 0.392. The van der Waals surface area contributed by atoms with Crippen molar-refractivity contribution in [3.05, 3.63) is 23.0 Å². The zero-order valence-electron chi connectivity index (χ0n) is 16.0. The molecular weight excluding hydrogens is 398 g/mol. The maximum atomic E-state index is 12.8. The van der Waals surface area contributed by atoms with Crippen LogP contribution in [0.3, 0.4) is 0 Å². The molecular formula is C19H26ClN5O4. The normalized spacial score (nSPS) is 21.0. The van der Waals surface area contributed by atoms with Gasteiger partial charge in [0.15, 0.2) is 0 Å². The Morgan fingerprint density at radius 1 is 1.14 bits per heavy atom. The molecule has 1 aliphatic heterocycles. The number of nitrogens with two attached hydrogens (primary N) is 1. The van der Waals surface area contributed by atoms with Gasteiger partial charge in [-0.1, -0.05) is 24.4 Å². The highest BCUT2D eigenvalue weighted by Gasteiger charge is 2.34. The van der Waals surface area contributed by atoms with Gasteiger partial charge in [0.2, 0.25) is 17.7 Å². The van der Waals surface area contributed by atoms with Crippen molar-refractivity contribution in [2.75, 3.05) is 6.54 Å². The summed E-state index contributed by atoms with van der Waals surface area (Å²) in [4.78, 5) is 51.9. The van der Waals surface area contributed by atoms with Crippen molar-refractivity contribution >= 4 is 35.2 Å². The molecule has 29 heavy (non-hydrogen) atoms. The third kappa shape index (κ3) is 5.96. The lowest BCUT2D eigenvalue weighted by atomic mass is 9.91. The first kappa shape index (κ1) is 21.2. The van der Waals surface area contributed by atoms with E-state index in [1.165, 1.54) is 6.07 Å². The SMILES string of the molecule is NC(=O)C(CC1CCCNC1=O)NC(=O)C(CC1CC1)NC(=O)c1ccc(Cl)[nH]1. The topological polar surface area (TPSA) is 146 Å². The van der Waals surface area contributed by atoms with Gasteiger partial charge in [-0.3, -0.25) is 19.2 Å². The molecule has 2 fully saturated rings. The van der Waals surface area contributed by atoms with E-state index in [2.05, 4.69) is 20.9 Å². The first-order valence-corrected chi connectivity index (χ1v) is 10.2. The van der Waals surface area contributed by atoms with E-state index >= 15 is 0 Å². The molecule has 1 aromatic heterocycles. The van der Waals surface area contributed by atoms with Crippen LogP contribution in [-0.2, 0) is 14.4 Å². The number of nitrogens with one attached hydrogen (secondary N) is 4. The Morgan fingerprint density at radius 3 is 2.48 bits per heavy atom. The molecule has 0 bridgehead atoms. The highest BCUT2D eigenvalue weighted by molar-refractivity contribution is 6.29. The number of hydrogen-bond donors (Lipinski definition) is 5. The second-order valence-electron chi connectivity index (χ2n) is 7.75. The molecule has 10 heteroatoms. The molecule has 3 unspecified atom stereocenters. The van der Waals surface area contributed by atoms with E-state index in [9.17, 15) is 19.2 Å². The van der Waals surface area contributed by atoms with Gasteiger partial charge in [-0.05, 0) is 43.7 Å². The number of aromatic amines is 1. The standard InChI is InChI=1S/C19H26ClN5O4/c20-15-6-5-12(23-15)18(28)25-14(8-10-3-4-10)19(29)24-13(16(21)26)9-11-2-1-7-22-17(11)27/h5-6,10-11,13-14,23H,1-4,7-9H2,(H2,21,26)(H,22,27)(H,24,29)(H,25,28). The minimum atomic E-state index is -0.977. The van der Waals surface area contributed by atoms with E-state index in [1.807, 2.05) is 0 Å². The minimum absolute atomic E-state index is 0.136. The number of piperidine rings is 1. The molecule has 9 nitrogen and oxygen atoms in total. The highest BCUT2D eigenvalue weighted by Crippen LogP contribution is 2.33. The molecule has 4 amide bonds. The van der Waals surface area contributed by atoms with Crippen LogP contribution in [0.4, 0.5) is 0 Å². The number of carbonyl (C=O) groups is 4. The molecule has 0 aromatic carbocycles. The van der Waals surface area contributed by atoms with Crippen molar-refractivity contribution in [3.8, 4) is 0 Å². The second kappa shape index (κ2) is 9.30. The summed E-state index contributed by atoms with van der Waals surface area (Å²) < 4.78 is 0. The highest BCUT2D eigenvalue weighted by atomic mass is 35.5. The molecule has 1 aliphatic carbocycles. The number of rotatable bonds is 9. The maximum Gasteiger partial charge on any atom is 0.268 e. The molecule has 6 N–H and O–H groups in total. The third-order valence-electron chi connectivity index (χ3n) is 5.36.